The van der Waals surface area contributed by atoms with Crippen molar-refractivity contribution in [1.29, 1.82) is 0 Å². The molecule has 3 N–H and O–H groups in total. The first-order chi connectivity index (χ1) is 16.1. The monoisotopic (exact) mass is 598 g/mol. The number of benzene rings is 1. The molecule has 12 heteroatoms. The van der Waals surface area contributed by atoms with E-state index in [1.165, 1.54) is 6.08 Å². The number of carbonyl (C=O) groups excluding carboxylic acids is 2. The molecule has 1 heterocycles. The number of aliphatic hydroxyl groups excluding tert-OH is 2. The Hall–Kier alpha value is -1.90. The van der Waals surface area contributed by atoms with Crippen molar-refractivity contribution in [2.45, 2.75) is 49.8 Å². The Labute approximate surface area is 208 Å². The lowest BCUT2D eigenvalue weighted by Gasteiger charge is -2.41. The van der Waals surface area contributed by atoms with E-state index in [1.54, 1.807) is 24.3 Å². The van der Waals surface area contributed by atoms with Crippen LogP contribution in [0, 0.1) is 3.57 Å². The van der Waals surface area contributed by atoms with Crippen molar-refractivity contribution < 1.29 is 42.4 Å². The van der Waals surface area contributed by atoms with Crippen molar-refractivity contribution in [3.05, 3.63) is 39.5 Å². The van der Waals surface area contributed by atoms with E-state index in [-0.39, 0.29) is 38.2 Å². The van der Waals surface area contributed by atoms with Crippen LogP contribution < -0.4 is 10.1 Å². The van der Waals surface area contributed by atoms with Crippen molar-refractivity contribution in [2.75, 3.05) is 26.3 Å². The highest BCUT2D eigenvalue weighted by Crippen LogP contribution is 2.32. The van der Waals surface area contributed by atoms with Gasteiger partial charge in [0, 0.05) is 25.1 Å². The number of amides is 2. The predicted molar refractivity (Wildman–Crippen MR) is 123 cm³/mol. The molecule has 188 valence electrons. The molecule has 0 bridgehead atoms. The number of hydrogen-bond acceptors (Lipinski definition) is 6. The van der Waals surface area contributed by atoms with Crippen molar-refractivity contribution in [3.63, 3.8) is 0 Å². The molecule has 0 aromatic heterocycles. The van der Waals surface area contributed by atoms with Gasteiger partial charge in [0.2, 0.25) is 5.91 Å². The highest BCUT2D eigenvalue weighted by atomic mass is 127. The molecule has 1 aliphatic heterocycles. The van der Waals surface area contributed by atoms with Gasteiger partial charge >= 0.3 is 6.18 Å². The molecule has 4 atom stereocenters. The maximum absolute atomic E-state index is 13.5. The predicted octanol–water partition coefficient (Wildman–Crippen LogP) is 1.78. The third kappa shape index (κ3) is 6.83. The van der Waals surface area contributed by atoms with Gasteiger partial charge in [-0.2, -0.15) is 13.2 Å². The maximum atomic E-state index is 13.5. The summed E-state index contributed by atoms with van der Waals surface area (Å²) in [5.41, 5.74) is 0.0482. The topological polar surface area (TPSA) is 108 Å². The fraction of sp³-hybridized carbons (Fsp3) is 0.545. The SMILES string of the molecule is O=C(NCCO)C1=CC(Oc2ccccc2I)C(O)C(N(CC(F)(F)F)C(=O)C2CCCO2)C1. The molecule has 8 nitrogen and oxygen atoms in total. The minimum atomic E-state index is -4.74. The minimum Gasteiger partial charge on any atom is -0.482 e. The largest absolute Gasteiger partial charge is 0.482 e. The average molecular weight is 598 g/mol. The number of nitrogens with one attached hydrogen (secondary N) is 1. The summed E-state index contributed by atoms with van der Waals surface area (Å²) < 4.78 is 52.3. The minimum absolute atomic E-state index is 0.0482. The Morgan fingerprint density at radius 3 is 2.65 bits per heavy atom. The maximum Gasteiger partial charge on any atom is 0.406 e. The van der Waals surface area contributed by atoms with Crippen LogP contribution in [0.3, 0.4) is 0 Å². The second-order valence-electron chi connectivity index (χ2n) is 8.03. The molecule has 3 rings (SSSR count). The van der Waals surface area contributed by atoms with E-state index in [2.05, 4.69) is 5.32 Å². The van der Waals surface area contributed by atoms with Gasteiger partial charge in [-0.25, -0.2) is 0 Å². The number of nitrogens with zero attached hydrogens (tertiary/aromatic N) is 1. The van der Waals surface area contributed by atoms with Gasteiger partial charge in [-0.3, -0.25) is 9.59 Å². The molecule has 2 aliphatic rings. The number of rotatable bonds is 8. The van der Waals surface area contributed by atoms with Crippen LogP contribution in [0.5, 0.6) is 5.75 Å². The van der Waals surface area contributed by atoms with E-state index >= 15 is 0 Å². The highest BCUT2D eigenvalue weighted by molar-refractivity contribution is 14.1. The molecule has 1 fully saturated rings. The summed E-state index contributed by atoms with van der Waals surface area (Å²) in [4.78, 5) is 26.2. The summed E-state index contributed by atoms with van der Waals surface area (Å²) in [6, 6.07) is 5.45. The average Bonchev–Trinajstić information content (AvgIpc) is 3.32. The highest BCUT2D eigenvalue weighted by Gasteiger charge is 2.46. The second-order valence-corrected chi connectivity index (χ2v) is 9.19. The molecule has 0 radical (unpaired) electrons. The fourth-order valence-electron chi connectivity index (χ4n) is 3.98. The van der Waals surface area contributed by atoms with Crippen molar-refractivity contribution in [1.82, 2.24) is 10.2 Å². The molecule has 4 unspecified atom stereocenters. The standard InChI is InChI=1S/C22H26F3IN2O6/c23-22(24,25)12-28(21(32)17-6-3-9-33-17)15-10-13(20(31)27-7-8-29)11-18(19(15)30)34-16-5-2-1-4-14(16)26/h1-2,4-5,11,15,17-19,29-30H,3,6-10,12H2,(H,27,31). The normalized spacial score (nSPS) is 24.9. The molecular weight excluding hydrogens is 572 g/mol. The summed E-state index contributed by atoms with van der Waals surface area (Å²) in [7, 11) is 0. The van der Waals surface area contributed by atoms with Crippen LogP contribution in [-0.2, 0) is 14.3 Å². The van der Waals surface area contributed by atoms with Crippen molar-refractivity contribution in [2.24, 2.45) is 0 Å². The van der Waals surface area contributed by atoms with Crippen molar-refractivity contribution >= 4 is 34.4 Å². The third-order valence-electron chi connectivity index (χ3n) is 5.55. The van der Waals surface area contributed by atoms with E-state index in [4.69, 9.17) is 14.6 Å². The molecular formula is C22H26F3IN2O6. The first-order valence-electron chi connectivity index (χ1n) is 10.8. The number of ether oxygens (including phenoxy) is 2. The third-order valence-corrected chi connectivity index (χ3v) is 6.44. The summed E-state index contributed by atoms with van der Waals surface area (Å²) in [5.74, 6) is -1.14. The van der Waals surface area contributed by atoms with E-state index in [9.17, 15) is 27.9 Å². The van der Waals surface area contributed by atoms with Gasteiger partial charge in [0.1, 0.15) is 30.6 Å². The number of carbonyl (C=O) groups is 2. The Bertz CT molecular complexity index is 907. The molecule has 0 saturated carbocycles. The molecule has 1 aromatic rings. The molecule has 34 heavy (non-hydrogen) atoms. The van der Waals surface area contributed by atoms with Gasteiger partial charge in [0.05, 0.1) is 16.2 Å². The number of alkyl halides is 3. The summed E-state index contributed by atoms with van der Waals surface area (Å²) in [5, 5.41) is 22.5. The lowest BCUT2D eigenvalue weighted by molar-refractivity contribution is -0.177. The molecule has 1 aliphatic carbocycles. The Kier molecular flexibility index (Phi) is 9.18. The zero-order chi connectivity index (χ0) is 24.9. The first kappa shape index (κ1) is 26.7. The van der Waals surface area contributed by atoms with Gasteiger partial charge in [0.15, 0.2) is 0 Å². The molecule has 0 spiro atoms. The number of halogens is 4. The van der Waals surface area contributed by atoms with E-state index in [0.29, 0.717) is 20.6 Å². The Balaban J connectivity index is 1.95. The Morgan fingerprint density at radius 2 is 2.03 bits per heavy atom. The zero-order valence-corrected chi connectivity index (χ0v) is 20.3. The van der Waals surface area contributed by atoms with Gasteiger partial charge < -0.3 is 29.9 Å². The van der Waals surface area contributed by atoms with Crippen LogP contribution in [0.4, 0.5) is 13.2 Å². The lowest BCUT2D eigenvalue weighted by atomic mass is 9.87. The summed E-state index contributed by atoms with van der Waals surface area (Å²) >= 11 is 2.01. The zero-order valence-electron chi connectivity index (χ0n) is 18.1. The van der Waals surface area contributed by atoms with Gasteiger partial charge in [-0.1, -0.05) is 12.1 Å². The van der Waals surface area contributed by atoms with Gasteiger partial charge in [-0.15, -0.1) is 0 Å². The second kappa shape index (κ2) is 11.7. The van der Waals surface area contributed by atoms with E-state index in [0.717, 1.165) is 0 Å². The van der Waals surface area contributed by atoms with Crippen LogP contribution in [0.1, 0.15) is 19.3 Å². The van der Waals surface area contributed by atoms with Crippen molar-refractivity contribution in [3.8, 4) is 5.75 Å². The van der Waals surface area contributed by atoms with E-state index in [1.807, 2.05) is 22.6 Å². The van der Waals surface area contributed by atoms with Gasteiger partial charge in [-0.05, 0) is 53.6 Å². The number of para-hydroxylation sites is 1. The smallest absolute Gasteiger partial charge is 0.406 e. The number of aliphatic hydroxyl groups is 2. The lowest BCUT2D eigenvalue weighted by Crippen LogP contribution is -2.58. The Morgan fingerprint density at radius 1 is 1.29 bits per heavy atom. The molecule has 2 amide bonds. The van der Waals surface area contributed by atoms with Crippen LogP contribution in [-0.4, -0.2) is 83.8 Å². The number of hydrogen-bond donors (Lipinski definition) is 3. The fourth-order valence-corrected chi connectivity index (χ4v) is 4.49. The van der Waals surface area contributed by atoms with Crippen LogP contribution in [0.25, 0.3) is 0 Å². The van der Waals surface area contributed by atoms with Gasteiger partial charge in [0.25, 0.3) is 5.91 Å². The van der Waals surface area contributed by atoms with E-state index < -0.39 is 48.9 Å². The molecule has 1 aromatic carbocycles. The quantitative estimate of drug-likeness (QED) is 0.394. The van der Waals surface area contributed by atoms with Crippen LogP contribution >= 0.6 is 22.6 Å². The van der Waals surface area contributed by atoms with Crippen LogP contribution in [0.2, 0.25) is 0 Å². The summed E-state index contributed by atoms with van der Waals surface area (Å²) in [6.07, 6.45) is -6.68. The first-order valence-corrected chi connectivity index (χ1v) is 11.9. The van der Waals surface area contributed by atoms with Crippen LogP contribution in [0.15, 0.2) is 35.9 Å². The summed E-state index contributed by atoms with van der Waals surface area (Å²) in [6.45, 7) is -1.73. The molecule has 1 saturated heterocycles.